The molecule has 0 bridgehead atoms. The number of amides is 1. The van der Waals surface area contributed by atoms with E-state index in [1.165, 1.54) is 0 Å². The minimum Gasteiger partial charge on any atom is -0.481 e. The molecule has 7 nitrogen and oxygen atoms in total. The normalized spacial score (nSPS) is 28.3. The molecule has 1 aromatic heterocycles. The molecule has 1 amide bonds. The van der Waals surface area contributed by atoms with E-state index in [-0.39, 0.29) is 58.5 Å². The predicted molar refractivity (Wildman–Crippen MR) is 146 cm³/mol. The quantitative estimate of drug-likeness (QED) is 0.255. The molecule has 2 aromatic rings. The number of Topliss-reactive ketones (excluding diaryl/α,β-unsaturated/α-hetero) is 1. The molecule has 1 N–H and O–H groups in total. The number of carboxylic acid groups (broad SMARTS) is 1. The van der Waals surface area contributed by atoms with E-state index in [1.807, 2.05) is 0 Å². The first kappa shape index (κ1) is 30.8. The van der Waals surface area contributed by atoms with Gasteiger partial charge in [0.2, 0.25) is 0 Å². The summed E-state index contributed by atoms with van der Waals surface area (Å²) >= 11 is 12.2. The monoisotopic (exact) mass is 631 g/mol. The first-order valence-electron chi connectivity index (χ1n) is 13.8. The Morgan fingerprint density at radius 2 is 1.62 bits per heavy atom. The third-order valence-electron chi connectivity index (χ3n) is 9.86. The molecule has 0 saturated heterocycles. The van der Waals surface area contributed by atoms with Gasteiger partial charge in [-0.05, 0) is 74.8 Å². The van der Waals surface area contributed by atoms with Crippen LogP contribution in [0.15, 0.2) is 18.3 Å². The lowest BCUT2D eigenvalue weighted by atomic mass is 9.74. The molecule has 3 atom stereocenters. The molecule has 1 aromatic carbocycles. The van der Waals surface area contributed by atoms with Crippen molar-refractivity contribution in [1.29, 1.82) is 0 Å². The Hall–Kier alpha value is -2.66. The Kier molecular flexibility index (Phi) is 7.70. The van der Waals surface area contributed by atoms with Crippen LogP contribution in [0.4, 0.5) is 17.6 Å². The second-order valence-corrected chi connectivity index (χ2v) is 13.5. The summed E-state index contributed by atoms with van der Waals surface area (Å²) in [6.07, 6.45) is -2.42. The number of hydrogen-bond donors (Lipinski definition) is 1. The van der Waals surface area contributed by atoms with Crippen molar-refractivity contribution >= 4 is 40.9 Å². The Morgan fingerprint density at radius 1 is 1.07 bits per heavy atom. The van der Waals surface area contributed by atoms with Crippen LogP contribution in [-0.2, 0) is 11.0 Å². The van der Waals surface area contributed by atoms with Crippen LogP contribution in [-0.4, -0.2) is 50.0 Å². The number of aromatic nitrogens is 2. The minimum atomic E-state index is -4.95. The number of hydrogen-bond acceptors (Lipinski definition) is 4. The maximum Gasteiger partial charge on any atom is 0.433 e. The van der Waals surface area contributed by atoms with E-state index in [4.69, 9.17) is 23.2 Å². The van der Waals surface area contributed by atoms with Gasteiger partial charge in [-0.1, -0.05) is 37.0 Å². The molecule has 13 heteroatoms. The molecular weight excluding hydrogens is 601 g/mol. The molecule has 5 rings (SSSR count). The molecule has 1 heterocycles. The van der Waals surface area contributed by atoms with Crippen LogP contribution >= 0.6 is 23.2 Å². The van der Waals surface area contributed by atoms with E-state index >= 15 is 0 Å². The highest BCUT2D eigenvalue weighted by atomic mass is 35.5. The standard InChI is InChI=1S/C29H31Cl2F4N3O4/c1-27(2)18-10-16(11-19(18)27)37(13-22(39)23-20(30)8-14(32)9-21(23)31)25(40)17-12-36-38(24(17)29(33,34)35)15-4-6-28(3,7-5-15)26(41)42/h8-9,12,15-16,18-19H,4-7,10-11,13H2,1-3H3,(H,41,42)/t15?,16-,18+,19-,28?. The van der Waals surface area contributed by atoms with Crippen LogP contribution < -0.4 is 0 Å². The highest BCUT2D eigenvalue weighted by Crippen LogP contribution is 2.67. The van der Waals surface area contributed by atoms with Gasteiger partial charge in [-0.25, -0.2) is 4.39 Å². The van der Waals surface area contributed by atoms with Crippen molar-refractivity contribution in [3.8, 4) is 0 Å². The van der Waals surface area contributed by atoms with Crippen molar-refractivity contribution in [2.24, 2.45) is 22.7 Å². The Morgan fingerprint density at radius 3 is 2.12 bits per heavy atom. The molecule has 42 heavy (non-hydrogen) atoms. The van der Waals surface area contributed by atoms with E-state index in [2.05, 4.69) is 18.9 Å². The number of aliphatic carboxylic acids is 1. The average Bonchev–Trinajstić information content (AvgIpc) is 3.30. The Labute approximate surface area is 250 Å². The summed E-state index contributed by atoms with van der Waals surface area (Å²) in [5.74, 6) is -2.96. The number of halogens is 6. The first-order chi connectivity index (χ1) is 19.5. The Balaban J connectivity index is 1.48. The molecule has 228 valence electrons. The fourth-order valence-electron chi connectivity index (χ4n) is 7.07. The van der Waals surface area contributed by atoms with Crippen molar-refractivity contribution in [2.45, 2.75) is 77.6 Å². The molecular formula is C29H31Cl2F4N3O4. The zero-order chi connectivity index (χ0) is 30.9. The van der Waals surface area contributed by atoms with Gasteiger partial charge in [0.05, 0.1) is 45.4 Å². The number of ketones is 1. The maximum atomic E-state index is 14.6. The SMILES string of the molecule is CC1(C(=O)O)CCC(n2ncc(C(=O)N(CC(=O)c3c(Cl)cc(F)cc3Cl)[C@H]3C[C@@H]4[C@H](C3)C4(C)C)c2C(F)(F)F)CC1. The zero-order valence-electron chi connectivity index (χ0n) is 23.3. The number of alkyl halides is 3. The van der Waals surface area contributed by atoms with Crippen molar-refractivity contribution in [3.63, 3.8) is 0 Å². The first-order valence-corrected chi connectivity index (χ1v) is 14.6. The molecule has 0 spiro atoms. The maximum absolute atomic E-state index is 14.6. The van der Waals surface area contributed by atoms with Gasteiger partial charge in [0.25, 0.3) is 5.91 Å². The second kappa shape index (κ2) is 10.5. The highest BCUT2D eigenvalue weighted by Gasteiger charge is 2.63. The molecule has 3 aliphatic rings. The lowest BCUT2D eigenvalue weighted by Gasteiger charge is -2.35. The van der Waals surface area contributed by atoms with Gasteiger partial charge in [-0.15, -0.1) is 0 Å². The van der Waals surface area contributed by atoms with Crippen LogP contribution in [0.5, 0.6) is 0 Å². The third-order valence-corrected chi connectivity index (χ3v) is 10.5. The molecule has 0 unspecified atom stereocenters. The lowest BCUT2D eigenvalue weighted by molar-refractivity contribution is -0.152. The van der Waals surface area contributed by atoms with Crippen molar-refractivity contribution in [3.05, 3.63) is 51.0 Å². The summed E-state index contributed by atoms with van der Waals surface area (Å²) in [4.78, 5) is 40.2. The third kappa shape index (κ3) is 5.31. The van der Waals surface area contributed by atoms with Gasteiger partial charge in [-0.3, -0.25) is 19.1 Å². The second-order valence-electron chi connectivity index (χ2n) is 12.7. The summed E-state index contributed by atoms with van der Waals surface area (Å²) in [6.45, 7) is 5.16. The number of carboxylic acids is 1. The number of fused-ring (bicyclic) bond motifs is 1. The molecule has 3 aliphatic carbocycles. The van der Waals surface area contributed by atoms with Crippen LogP contribution in [0.3, 0.4) is 0 Å². The van der Waals surface area contributed by atoms with Crippen LogP contribution in [0, 0.1) is 28.5 Å². The van der Waals surface area contributed by atoms with Gasteiger partial charge in [0, 0.05) is 6.04 Å². The summed E-state index contributed by atoms with van der Waals surface area (Å²) in [7, 11) is 0. The van der Waals surface area contributed by atoms with Gasteiger partial charge in [0.15, 0.2) is 11.5 Å². The van der Waals surface area contributed by atoms with Crippen LogP contribution in [0.1, 0.15) is 91.7 Å². The van der Waals surface area contributed by atoms with E-state index in [0.717, 1.165) is 27.9 Å². The molecule has 0 radical (unpaired) electrons. The summed E-state index contributed by atoms with van der Waals surface area (Å²) in [6, 6.07) is 0.567. The Bertz CT molecular complexity index is 1410. The number of carbonyl (C=O) groups excluding carboxylic acids is 2. The fourth-order valence-corrected chi connectivity index (χ4v) is 7.74. The van der Waals surface area contributed by atoms with Gasteiger partial charge in [-0.2, -0.15) is 18.3 Å². The topological polar surface area (TPSA) is 92.5 Å². The van der Waals surface area contributed by atoms with Crippen molar-refractivity contribution < 1.29 is 37.1 Å². The summed E-state index contributed by atoms with van der Waals surface area (Å²) in [5.41, 5.74) is -3.12. The average molecular weight is 632 g/mol. The molecule has 3 saturated carbocycles. The fraction of sp³-hybridized carbons (Fsp3) is 0.586. The number of nitrogens with zero attached hydrogens (tertiary/aromatic N) is 3. The lowest BCUT2D eigenvalue weighted by Crippen LogP contribution is -2.44. The van der Waals surface area contributed by atoms with Crippen LogP contribution in [0.2, 0.25) is 10.0 Å². The number of benzene rings is 1. The largest absolute Gasteiger partial charge is 0.481 e. The molecule has 3 fully saturated rings. The van der Waals surface area contributed by atoms with E-state index in [0.29, 0.717) is 12.8 Å². The van der Waals surface area contributed by atoms with E-state index < -0.39 is 65.0 Å². The van der Waals surface area contributed by atoms with Crippen LogP contribution in [0.25, 0.3) is 0 Å². The van der Waals surface area contributed by atoms with Gasteiger partial charge < -0.3 is 10.0 Å². The smallest absolute Gasteiger partial charge is 0.433 e. The number of rotatable bonds is 7. The van der Waals surface area contributed by atoms with Gasteiger partial charge in [0.1, 0.15) is 5.82 Å². The van der Waals surface area contributed by atoms with E-state index in [1.54, 1.807) is 6.92 Å². The van der Waals surface area contributed by atoms with Gasteiger partial charge >= 0.3 is 12.1 Å². The minimum absolute atomic E-state index is 0.0479. The number of carbonyl (C=O) groups is 3. The zero-order valence-corrected chi connectivity index (χ0v) is 24.8. The summed E-state index contributed by atoms with van der Waals surface area (Å²) < 4.78 is 58.2. The highest BCUT2D eigenvalue weighted by molar-refractivity contribution is 6.40. The van der Waals surface area contributed by atoms with E-state index in [9.17, 15) is 37.1 Å². The predicted octanol–water partition coefficient (Wildman–Crippen LogP) is 7.31. The van der Waals surface area contributed by atoms with Crippen molar-refractivity contribution in [2.75, 3.05) is 6.54 Å². The summed E-state index contributed by atoms with van der Waals surface area (Å²) in [5, 5.41) is 13.0. The molecule has 0 aliphatic heterocycles. The van der Waals surface area contributed by atoms with Crippen molar-refractivity contribution in [1.82, 2.24) is 14.7 Å².